The third-order valence-electron chi connectivity index (χ3n) is 6.85. The summed E-state index contributed by atoms with van der Waals surface area (Å²) >= 11 is 5.11. The lowest BCUT2D eigenvalue weighted by molar-refractivity contribution is -0.160. The van der Waals surface area contributed by atoms with Crippen LogP contribution in [-0.4, -0.2) is 87.6 Å². The van der Waals surface area contributed by atoms with Crippen LogP contribution in [0.5, 0.6) is 11.5 Å². The maximum atomic E-state index is 12.7. The highest BCUT2D eigenvalue weighted by atomic mass is 79.9. The van der Waals surface area contributed by atoms with Gasteiger partial charge in [-0.05, 0) is 67.1 Å². The first-order chi connectivity index (χ1) is 20.7. The average Bonchev–Trinajstić information content (AvgIpc) is 3.55. The van der Waals surface area contributed by atoms with Crippen molar-refractivity contribution in [3.05, 3.63) is 22.9 Å². The van der Waals surface area contributed by atoms with Crippen LogP contribution >= 0.6 is 27.7 Å². The van der Waals surface area contributed by atoms with E-state index in [4.69, 9.17) is 35.2 Å². The summed E-state index contributed by atoms with van der Waals surface area (Å²) < 4.78 is 45.0. The predicted molar refractivity (Wildman–Crippen MR) is 165 cm³/mol. The van der Waals surface area contributed by atoms with Gasteiger partial charge in [0.05, 0.1) is 6.26 Å². The van der Waals surface area contributed by atoms with Gasteiger partial charge in [0.1, 0.15) is 12.4 Å². The monoisotopic (exact) mass is 715 g/mol. The molecular weight excluding hydrogens is 682 g/mol. The predicted octanol–water partition coefficient (Wildman–Crippen LogP) is 2.46. The van der Waals surface area contributed by atoms with Crippen LogP contribution in [-0.2, 0) is 31.0 Å². The van der Waals surface area contributed by atoms with Crippen molar-refractivity contribution in [3.8, 4) is 11.5 Å². The van der Waals surface area contributed by atoms with Gasteiger partial charge < -0.3 is 35.1 Å². The summed E-state index contributed by atoms with van der Waals surface area (Å²) in [6, 6.07) is 3.05. The fraction of sp³-hybridized carbons (Fsp3) is 0.500. The first-order valence-corrected chi connectivity index (χ1v) is 17.1. The number of aryl methyl sites for hydroxylation is 1. The van der Waals surface area contributed by atoms with E-state index < -0.39 is 28.2 Å². The number of nitrogens with zero attached hydrogens (tertiary/aromatic N) is 5. The van der Waals surface area contributed by atoms with E-state index in [1.807, 2.05) is 12.1 Å². The smallest absolute Gasteiger partial charge is 0.323 e. The number of nitrogens with two attached hydrogens (primary N) is 2. The van der Waals surface area contributed by atoms with Gasteiger partial charge >= 0.3 is 5.97 Å². The molecule has 2 aromatic heterocycles. The molecule has 4 heterocycles. The number of likely N-dealkylation sites (tertiary alicyclic amines) is 1. The second-order valence-corrected chi connectivity index (χ2v) is 13.7. The molecular formula is C26H34BrN7O8S2. The van der Waals surface area contributed by atoms with Crippen molar-refractivity contribution < 1.29 is 36.8 Å². The molecule has 44 heavy (non-hydrogen) atoms. The van der Waals surface area contributed by atoms with E-state index in [1.165, 1.54) is 25.0 Å². The zero-order valence-electron chi connectivity index (χ0n) is 24.3. The first-order valence-electron chi connectivity index (χ1n) is 13.6. The molecule has 240 valence electrons. The lowest BCUT2D eigenvalue weighted by atomic mass is 9.93. The molecule has 0 saturated carbocycles. The Bertz CT molecular complexity index is 1620. The number of esters is 1. The second kappa shape index (κ2) is 14.3. The van der Waals surface area contributed by atoms with Gasteiger partial charge in [-0.1, -0.05) is 11.8 Å². The maximum absolute atomic E-state index is 12.7. The fourth-order valence-electron chi connectivity index (χ4n) is 4.63. The number of hydrogen-bond acceptors (Lipinski definition) is 13. The molecule has 5 rings (SSSR count). The van der Waals surface area contributed by atoms with Gasteiger partial charge in [0.2, 0.25) is 6.79 Å². The highest BCUT2D eigenvalue weighted by Crippen LogP contribution is 2.43. The molecule has 1 amide bonds. The lowest BCUT2D eigenvalue weighted by Crippen LogP contribution is -2.45. The van der Waals surface area contributed by atoms with Crippen LogP contribution in [0, 0.1) is 5.92 Å². The average molecular weight is 717 g/mol. The number of imidazole rings is 1. The molecule has 15 nitrogen and oxygen atoms in total. The third-order valence-corrected chi connectivity index (χ3v) is 8.82. The van der Waals surface area contributed by atoms with E-state index in [1.54, 1.807) is 11.8 Å². The van der Waals surface area contributed by atoms with Gasteiger partial charge in [-0.3, -0.25) is 14.1 Å². The van der Waals surface area contributed by atoms with E-state index in [0.29, 0.717) is 60.3 Å². The maximum Gasteiger partial charge on any atom is 0.323 e. The number of benzene rings is 1. The summed E-state index contributed by atoms with van der Waals surface area (Å²) in [5.74, 6) is 1.35. The molecule has 3 aromatic rings. The van der Waals surface area contributed by atoms with Crippen molar-refractivity contribution >= 4 is 66.7 Å². The summed E-state index contributed by atoms with van der Waals surface area (Å²) in [6.07, 6.45) is 3.89. The highest BCUT2D eigenvalue weighted by molar-refractivity contribution is 9.10. The van der Waals surface area contributed by atoms with E-state index in [2.05, 4.69) is 30.5 Å². The minimum atomic E-state index is -3.67. The molecule has 0 spiro atoms. The number of aromatic nitrogens is 4. The largest absolute Gasteiger partial charge is 0.454 e. The van der Waals surface area contributed by atoms with Crippen LogP contribution in [0.25, 0.3) is 11.2 Å². The lowest BCUT2D eigenvalue weighted by Gasteiger charge is -2.33. The topological polar surface area (TPSA) is 215 Å². The Morgan fingerprint density at radius 3 is 2.48 bits per heavy atom. The van der Waals surface area contributed by atoms with Crippen molar-refractivity contribution in [2.45, 2.75) is 61.9 Å². The fourth-order valence-corrected chi connectivity index (χ4v) is 6.14. The Kier molecular flexibility index (Phi) is 10.9. The number of piperidine rings is 1. The third kappa shape index (κ3) is 8.71. The summed E-state index contributed by atoms with van der Waals surface area (Å²) in [6.45, 7) is 5.21. The number of amides is 1. The number of fused-ring (bicyclic) bond motifs is 2. The number of ether oxygens (including phenoxy) is 3. The van der Waals surface area contributed by atoms with E-state index >= 15 is 0 Å². The van der Waals surface area contributed by atoms with Crippen LogP contribution in [0.4, 0.5) is 5.82 Å². The molecule has 0 bridgehead atoms. The van der Waals surface area contributed by atoms with Crippen molar-refractivity contribution in [2.75, 3.05) is 31.9 Å². The molecule has 18 heteroatoms. The Labute approximate surface area is 266 Å². The summed E-state index contributed by atoms with van der Waals surface area (Å²) in [5.41, 5.74) is 12.9. The van der Waals surface area contributed by atoms with Crippen molar-refractivity contribution in [1.82, 2.24) is 24.4 Å². The zero-order chi connectivity index (χ0) is 32.2. The number of nitrogen functional groups attached to an aromatic ring is 1. The van der Waals surface area contributed by atoms with Crippen LogP contribution in [0.3, 0.4) is 0 Å². The van der Waals surface area contributed by atoms with Gasteiger partial charge in [0.25, 0.3) is 16.0 Å². The molecule has 0 radical (unpaired) electrons. The Morgan fingerprint density at radius 1 is 1.20 bits per heavy atom. The number of halogens is 1. The number of carbonyl (C=O) groups is 2. The van der Waals surface area contributed by atoms with E-state index in [-0.39, 0.29) is 12.7 Å². The minimum absolute atomic E-state index is 0.191. The van der Waals surface area contributed by atoms with Crippen molar-refractivity contribution in [3.63, 3.8) is 0 Å². The molecule has 5 N–H and O–H groups in total. The Hall–Kier alpha value is -3.19. The van der Waals surface area contributed by atoms with E-state index in [0.717, 1.165) is 33.8 Å². The van der Waals surface area contributed by atoms with Crippen molar-refractivity contribution in [1.29, 1.82) is 0 Å². The number of anilines is 1. The van der Waals surface area contributed by atoms with Crippen molar-refractivity contribution in [2.24, 2.45) is 11.7 Å². The Balaban J connectivity index is 0.000000818. The SMILES string of the molecule is CC(OC(=O)[C@H](C)N)C(=O)N1CCC(CCn2c(Sc3cc4c(cc3Br)OCO4)nc3c(N)ncnc32)CC1.CS(=O)(=O)O. The van der Waals surface area contributed by atoms with Crippen LogP contribution < -0.4 is 20.9 Å². The standard InChI is InChI=1S/C25H30BrN7O5S.CH4O3S/c1-13(27)24(35)38-14(2)23(34)32-6-3-15(4-7-32)5-8-33-22-20(21(28)29-11-30-22)31-25(33)39-19-10-18-17(9-16(19)26)36-12-37-18;1-5(2,3)4/h9-11,13-15H,3-8,12,27H2,1-2H3,(H2,28,29,30);1H3,(H,2,3,4)/t13-,14?;/m0./s1. The van der Waals surface area contributed by atoms with Gasteiger partial charge in [-0.15, -0.1) is 0 Å². The molecule has 1 fully saturated rings. The summed E-state index contributed by atoms with van der Waals surface area (Å²) in [5, 5.41) is 0.745. The van der Waals surface area contributed by atoms with Crippen LogP contribution in [0.2, 0.25) is 0 Å². The molecule has 1 unspecified atom stereocenters. The minimum Gasteiger partial charge on any atom is -0.454 e. The summed E-state index contributed by atoms with van der Waals surface area (Å²) in [4.78, 5) is 40.5. The van der Waals surface area contributed by atoms with Gasteiger partial charge in [-0.25, -0.2) is 15.0 Å². The molecule has 2 aliphatic rings. The number of carbonyl (C=O) groups excluding carboxylic acids is 2. The first kappa shape index (κ1) is 33.7. The molecule has 2 aliphatic heterocycles. The summed E-state index contributed by atoms with van der Waals surface area (Å²) in [7, 11) is -3.67. The second-order valence-electron chi connectivity index (χ2n) is 10.4. The number of rotatable bonds is 8. The van der Waals surface area contributed by atoms with E-state index in [9.17, 15) is 18.0 Å². The zero-order valence-corrected chi connectivity index (χ0v) is 27.5. The van der Waals surface area contributed by atoms with Crippen LogP contribution in [0.1, 0.15) is 33.1 Å². The van der Waals surface area contributed by atoms with Gasteiger partial charge in [-0.2, -0.15) is 8.42 Å². The molecule has 1 saturated heterocycles. The number of hydrogen-bond donors (Lipinski definition) is 3. The quantitative estimate of drug-likeness (QED) is 0.226. The Morgan fingerprint density at radius 2 is 1.84 bits per heavy atom. The normalized spacial score (nSPS) is 16.3. The molecule has 1 aromatic carbocycles. The molecule has 0 aliphatic carbocycles. The van der Waals surface area contributed by atoms with Gasteiger partial charge in [0.15, 0.2) is 39.7 Å². The van der Waals surface area contributed by atoms with Crippen LogP contribution in [0.15, 0.2) is 33.0 Å². The molecule has 2 atom stereocenters. The highest BCUT2D eigenvalue weighted by Gasteiger charge is 2.29. The van der Waals surface area contributed by atoms with Gasteiger partial charge in [0, 0.05) is 29.0 Å².